The van der Waals surface area contributed by atoms with E-state index >= 15 is 0 Å². The summed E-state index contributed by atoms with van der Waals surface area (Å²) in [6, 6.07) is 8.13. The Labute approximate surface area is 129 Å². The maximum atomic E-state index is 12.1. The monoisotopic (exact) mass is 339 g/mol. The lowest BCUT2D eigenvalue weighted by molar-refractivity contribution is -0.130. The van der Waals surface area contributed by atoms with Gasteiger partial charge >= 0.3 is 0 Å². The molecule has 2 unspecified atom stereocenters. The third-order valence-corrected chi connectivity index (χ3v) is 4.54. The van der Waals surface area contributed by atoms with Crippen LogP contribution in [0.25, 0.3) is 0 Å². The van der Waals surface area contributed by atoms with E-state index in [9.17, 15) is 4.79 Å². The summed E-state index contributed by atoms with van der Waals surface area (Å²) < 4.78 is 1.05. The Morgan fingerprint density at radius 3 is 2.65 bits per heavy atom. The van der Waals surface area contributed by atoms with E-state index in [1.807, 2.05) is 32.2 Å². The van der Waals surface area contributed by atoms with Crippen LogP contribution in [0.5, 0.6) is 0 Å². The molecule has 2 N–H and O–H groups in total. The molecule has 1 aliphatic rings. The van der Waals surface area contributed by atoms with Crippen molar-refractivity contribution in [2.24, 2.45) is 5.73 Å². The van der Waals surface area contributed by atoms with Gasteiger partial charge in [-0.2, -0.15) is 0 Å². The summed E-state index contributed by atoms with van der Waals surface area (Å²) in [6.07, 6.45) is 0.982. The molecule has 0 spiro atoms. The summed E-state index contributed by atoms with van der Waals surface area (Å²) in [5.74, 6) is 0.167. The number of hydrogen-bond donors (Lipinski definition) is 1. The van der Waals surface area contributed by atoms with Gasteiger partial charge in [-0.05, 0) is 25.0 Å². The summed E-state index contributed by atoms with van der Waals surface area (Å²) in [4.78, 5) is 16.1. The lowest BCUT2D eigenvalue weighted by Crippen LogP contribution is -2.43. The molecule has 0 radical (unpaired) electrons. The van der Waals surface area contributed by atoms with Crippen LogP contribution in [0.3, 0.4) is 0 Å². The standard InChI is InChI=1S/C15H22BrN3O/c1-11(17)15(12-6-3-4-7-13(12)16)19-9-5-8-18(2)14(20)10-19/h3-4,6-7,11,15H,5,8-10,17H2,1-2H3. The van der Waals surface area contributed by atoms with Crippen molar-refractivity contribution in [1.82, 2.24) is 9.80 Å². The highest BCUT2D eigenvalue weighted by Gasteiger charge is 2.29. The van der Waals surface area contributed by atoms with E-state index in [1.165, 1.54) is 0 Å². The number of rotatable bonds is 3. The number of benzene rings is 1. The fourth-order valence-corrected chi connectivity index (χ4v) is 3.29. The summed E-state index contributed by atoms with van der Waals surface area (Å²) in [5.41, 5.74) is 7.36. The number of nitrogens with two attached hydrogens (primary N) is 1. The van der Waals surface area contributed by atoms with E-state index in [4.69, 9.17) is 5.73 Å². The molecule has 1 aliphatic heterocycles. The molecule has 5 heteroatoms. The van der Waals surface area contributed by atoms with Crippen molar-refractivity contribution in [1.29, 1.82) is 0 Å². The van der Waals surface area contributed by atoms with Crippen molar-refractivity contribution in [3.63, 3.8) is 0 Å². The first kappa shape index (κ1) is 15.5. The van der Waals surface area contributed by atoms with Crippen molar-refractivity contribution in [3.8, 4) is 0 Å². The SMILES string of the molecule is CC(N)C(c1ccccc1Br)N1CCCN(C)C(=O)C1. The summed E-state index contributed by atoms with van der Waals surface area (Å²) in [7, 11) is 1.87. The lowest BCUT2D eigenvalue weighted by atomic mass is 9.99. The van der Waals surface area contributed by atoms with Gasteiger partial charge < -0.3 is 10.6 Å². The van der Waals surface area contributed by atoms with E-state index in [2.05, 4.69) is 26.9 Å². The normalized spacial score (nSPS) is 20.6. The number of carbonyl (C=O) groups excluding carboxylic acids is 1. The number of carbonyl (C=O) groups is 1. The minimum atomic E-state index is -0.0371. The van der Waals surface area contributed by atoms with Crippen LogP contribution in [-0.4, -0.2) is 48.4 Å². The number of hydrogen-bond acceptors (Lipinski definition) is 3. The molecular weight excluding hydrogens is 318 g/mol. The van der Waals surface area contributed by atoms with Gasteiger partial charge in [-0.1, -0.05) is 34.1 Å². The first-order valence-corrected chi connectivity index (χ1v) is 7.78. The predicted octanol–water partition coefficient (Wildman–Crippen LogP) is 2.00. The Morgan fingerprint density at radius 1 is 1.30 bits per heavy atom. The molecule has 2 atom stereocenters. The maximum absolute atomic E-state index is 12.1. The molecule has 0 aromatic heterocycles. The first-order valence-electron chi connectivity index (χ1n) is 6.98. The van der Waals surface area contributed by atoms with Gasteiger partial charge in [0.2, 0.25) is 5.91 Å². The molecule has 0 saturated carbocycles. The number of amides is 1. The zero-order chi connectivity index (χ0) is 14.7. The molecule has 20 heavy (non-hydrogen) atoms. The second kappa shape index (κ2) is 6.70. The Bertz CT molecular complexity index is 478. The average Bonchev–Trinajstić information content (AvgIpc) is 2.55. The van der Waals surface area contributed by atoms with Crippen LogP contribution in [0.1, 0.15) is 24.9 Å². The van der Waals surface area contributed by atoms with Gasteiger partial charge in [0.15, 0.2) is 0 Å². The molecule has 1 aromatic rings. The second-order valence-electron chi connectivity index (χ2n) is 5.46. The number of nitrogens with zero attached hydrogens (tertiary/aromatic N) is 2. The number of halogens is 1. The lowest BCUT2D eigenvalue weighted by Gasteiger charge is -2.33. The predicted molar refractivity (Wildman–Crippen MR) is 84.4 cm³/mol. The average molecular weight is 340 g/mol. The third-order valence-electron chi connectivity index (χ3n) is 3.82. The van der Waals surface area contributed by atoms with E-state index in [0.29, 0.717) is 6.54 Å². The van der Waals surface area contributed by atoms with Gasteiger partial charge in [-0.3, -0.25) is 9.69 Å². The van der Waals surface area contributed by atoms with Crippen molar-refractivity contribution in [2.75, 3.05) is 26.7 Å². The van der Waals surface area contributed by atoms with E-state index in [0.717, 1.165) is 29.5 Å². The molecule has 1 fully saturated rings. The van der Waals surface area contributed by atoms with E-state index < -0.39 is 0 Å². The fraction of sp³-hybridized carbons (Fsp3) is 0.533. The molecule has 1 amide bonds. The van der Waals surface area contributed by atoms with Crippen molar-refractivity contribution < 1.29 is 4.79 Å². The minimum Gasteiger partial charge on any atom is -0.345 e. The summed E-state index contributed by atoms with van der Waals surface area (Å²) >= 11 is 3.60. The van der Waals surface area contributed by atoms with E-state index in [1.54, 1.807) is 4.90 Å². The van der Waals surface area contributed by atoms with Crippen LogP contribution >= 0.6 is 15.9 Å². The largest absolute Gasteiger partial charge is 0.345 e. The van der Waals surface area contributed by atoms with Gasteiger partial charge in [0.1, 0.15) is 0 Å². The van der Waals surface area contributed by atoms with Gasteiger partial charge in [-0.15, -0.1) is 0 Å². The second-order valence-corrected chi connectivity index (χ2v) is 6.32. The van der Waals surface area contributed by atoms with Crippen LogP contribution in [-0.2, 0) is 4.79 Å². The fourth-order valence-electron chi connectivity index (χ4n) is 2.77. The van der Waals surface area contributed by atoms with Crippen molar-refractivity contribution in [3.05, 3.63) is 34.3 Å². The van der Waals surface area contributed by atoms with Crippen LogP contribution in [0.4, 0.5) is 0 Å². The highest BCUT2D eigenvalue weighted by atomic mass is 79.9. The molecule has 2 rings (SSSR count). The first-order chi connectivity index (χ1) is 9.50. The summed E-state index contributed by atoms with van der Waals surface area (Å²) in [6.45, 7) is 4.15. The molecule has 0 bridgehead atoms. The molecule has 110 valence electrons. The van der Waals surface area contributed by atoms with Crippen molar-refractivity contribution in [2.45, 2.75) is 25.4 Å². The minimum absolute atomic E-state index is 0.0371. The maximum Gasteiger partial charge on any atom is 0.236 e. The zero-order valence-electron chi connectivity index (χ0n) is 12.1. The van der Waals surface area contributed by atoms with Gasteiger partial charge in [0, 0.05) is 30.7 Å². The molecule has 4 nitrogen and oxygen atoms in total. The highest BCUT2D eigenvalue weighted by molar-refractivity contribution is 9.10. The summed E-state index contributed by atoms with van der Waals surface area (Å²) in [5, 5.41) is 0. The Kier molecular flexibility index (Phi) is 5.18. The smallest absolute Gasteiger partial charge is 0.236 e. The molecular formula is C15H22BrN3O. The highest BCUT2D eigenvalue weighted by Crippen LogP contribution is 2.30. The third kappa shape index (κ3) is 3.40. The van der Waals surface area contributed by atoms with Crippen LogP contribution in [0.15, 0.2) is 28.7 Å². The van der Waals surface area contributed by atoms with Crippen molar-refractivity contribution >= 4 is 21.8 Å². The topological polar surface area (TPSA) is 49.6 Å². The molecule has 1 saturated heterocycles. The quantitative estimate of drug-likeness (QED) is 0.916. The Morgan fingerprint density at radius 2 is 2.00 bits per heavy atom. The molecule has 1 heterocycles. The van der Waals surface area contributed by atoms with E-state index in [-0.39, 0.29) is 18.0 Å². The van der Waals surface area contributed by atoms with Crippen LogP contribution in [0, 0.1) is 0 Å². The zero-order valence-corrected chi connectivity index (χ0v) is 13.6. The van der Waals surface area contributed by atoms with Gasteiger partial charge in [0.05, 0.1) is 12.6 Å². The van der Waals surface area contributed by atoms with Crippen LogP contribution in [0.2, 0.25) is 0 Å². The van der Waals surface area contributed by atoms with Gasteiger partial charge in [0.25, 0.3) is 0 Å². The van der Waals surface area contributed by atoms with Gasteiger partial charge in [-0.25, -0.2) is 0 Å². The van der Waals surface area contributed by atoms with Crippen LogP contribution < -0.4 is 5.73 Å². The Hall–Kier alpha value is -0.910. The molecule has 0 aliphatic carbocycles. The Balaban J connectivity index is 2.29. The number of likely N-dealkylation sites (N-methyl/N-ethyl adjacent to an activating group) is 1. The molecule has 1 aromatic carbocycles.